The lowest BCUT2D eigenvalue weighted by molar-refractivity contribution is -0.154. The minimum absolute atomic E-state index is 0.124. The van der Waals surface area contributed by atoms with Gasteiger partial charge in [-0.15, -0.1) is 0 Å². The summed E-state index contributed by atoms with van der Waals surface area (Å²) in [6.07, 6.45) is -3.42. The van der Waals surface area contributed by atoms with E-state index in [1.54, 1.807) is 13.8 Å². The van der Waals surface area contributed by atoms with Crippen LogP contribution in [0.25, 0.3) is 11.0 Å². The molecule has 0 aliphatic carbocycles. The van der Waals surface area contributed by atoms with E-state index in [9.17, 15) is 28.0 Å². The van der Waals surface area contributed by atoms with Crippen molar-refractivity contribution in [2.45, 2.75) is 52.3 Å². The number of hydrogen-bond acceptors (Lipinski definition) is 7. The van der Waals surface area contributed by atoms with E-state index in [1.165, 1.54) is 12.1 Å². The predicted octanol–water partition coefficient (Wildman–Crippen LogP) is 3.34. The van der Waals surface area contributed by atoms with Gasteiger partial charge in [-0.2, -0.15) is 18.2 Å². The average Bonchev–Trinajstić information content (AvgIpc) is 2.70. The molecular weight excluding hydrogens is 431 g/mol. The van der Waals surface area contributed by atoms with E-state index in [1.807, 2.05) is 6.92 Å². The number of nitrogens with two attached hydrogens (primary N) is 1. The molecule has 0 radical (unpaired) electrons. The summed E-state index contributed by atoms with van der Waals surface area (Å²) in [7, 11) is 0. The van der Waals surface area contributed by atoms with Crippen molar-refractivity contribution in [2.75, 3.05) is 19.7 Å². The van der Waals surface area contributed by atoms with E-state index in [4.69, 9.17) is 15.0 Å². The number of amides is 1. The lowest BCUT2D eigenvalue weighted by Gasteiger charge is -2.22. The van der Waals surface area contributed by atoms with Crippen LogP contribution in [-0.2, 0) is 17.4 Å². The number of halogens is 3. The molecule has 1 amide bonds. The summed E-state index contributed by atoms with van der Waals surface area (Å²) in [5, 5.41) is 11.3. The van der Waals surface area contributed by atoms with E-state index in [-0.39, 0.29) is 36.7 Å². The first kappa shape index (κ1) is 25.6. The van der Waals surface area contributed by atoms with Crippen molar-refractivity contribution >= 4 is 16.9 Å². The third-order valence-electron chi connectivity index (χ3n) is 4.79. The molecule has 0 bridgehead atoms. The highest BCUT2D eigenvalue weighted by atomic mass is 19.4. The van der Waals surface area contributed by atoms with Crippen LogP contribution < -0.4 is 16.2 Å². The van der Waals surface area contributed by atoms with Crippen molar-refractivity contribution in [2.24, 2.45) is 5.84 Å². The molecule has 3 N–H and O–H groups in total. The molecule has 0 fully saturated rings. The fourth-order valence-electron chi connectivity index (χ4n) is 3.07. The van der Waals surface area contributed by atoms with Gasteiger partial charge < -0.3 is 14.4 Å². The van der Waals surface area contributed by atoms with Crippen LogP contribution in [0.4, 0.5) is 13.2 Å². The van der Waals surface area contributed by atoms with Gasteiger partial charge in [0.25, 0.3) is 5.91 Å². The lowest BCUT2D eigenvalue weighted by atomic mass is 10.0. The molecule has 0 aliphatic heterocycles. The first-order chi connectivity index (χ1) is 15.0. The number of ether oxygens (including phenoxy) is 1. The SMILES string of the molecule is CCCc1c(OCCCN(N)C(=O)CN(O)C(C)C)ccc2c(C(F)(F)F)cc(=O)oc12. The highest BCUT2D eigenvalue weighted by Crippen LogP contribution is 2.37. The van der Waals surface area contributed by atoms with E-state index >= 15 is 0 Å². The zero-order chi connectivity index (χ0) is 24.1. The van der Waals surface area contributed by atoms with Gasteiger partial charge in [0.15, 0.2) is 0 Å². The molecule has 0 unspecified atom stereocenters. The molecular formula is C21H28F3N3O5. The van der Waals surface area contributed by atoms with Crippen LogP contribution in [-0.4, -0.2) is 46.9 Å². The summed E-state index contributed by atoms with van der Waals surface area (Å²) in [5.74, 6) is 5.54. The van der Waals surface area contributed by atoms with Crippen LogP contribution >= 0.6 is 0 Å². The molecule has 0 aliphatic rings. The van der Waals surface area contributed by atoms with E-state index in [0.29, 0.717) is 36.6 Å². The van der Waals surface area contributed by atoms with Crippen LogP contribution in [0.3, 0.4) is 0 Å². The number of hydrazine groups is 1. The molecule has 32 heavy (non-hydrogen) atoms. The average molecular weight is 459 g/mol. The summed E-state index contributed by atoms with van der Waals surface area (Å²) in [6, 6.07) is 2.84. The van der Waals surface area contributed by atoms with Gasteiger partial charge in [-0.05, 0) is 32.4 Å². The molecule has 1 aromatic heterocycles. The predicted molar refractivity (Wildman–Crippen MR) is 111 cm³/mol. The van der Waals surface area contributed by atoms with Gasteiger partial charge in [-0.25, -0.2) is 10.6 Å². The van der Waals surface area contributed by atoms with Crippen LogP contribution in [0.15, 0.2) is 27.4 Å². The molecule has 0 spiro atoms. The van der Waals surface area contributed by atoms with Gasteiger partial charge in [-0.1, -0.05) is 13.3 Å². The number of hydrogen-bond donors (Lipinski definition) is 2. The molecule has 0 saturated carbocycles. The van der Waals surface area contributed by atoms with Crippen molar-refractivity contribution < 1.29 is 32.3 Å². The molecule has 11 heteroatoms. The van der Waals surface area contributed by atoms with Gasteiger partial charge >= 0.3 is 11.8 Å². The second-order valence-electron chi connectivity index (χ2n) is 7.63. The molecule has 2 aromatic rings. The van der Waals surface area contributed by atoms with Crippen molar-refractivity contribution in [3.8, 4) is 5.75 Å². The van der Waals surface area contributed by atoms with Gasteiger partial charge in [0, 0.05) is 36.0 Å². The standard InChI is InChI=1S/C21H28F3N3O5/c1-4-6-15-17(31-10-5-9-26(25)18(28)12-27(30)13(2)3)8-7-14-16(21(22,23)24)11-19(29)32-20(14)15/h7-8,11,13,30H,4-6,9-10,12,25H2,1-3H3. The highest BCUT2D eigenvalue weighted by Gasteiger charge is 2.34. The Balaban J connectivity index is 2.14. The molecule has 0 saturated heterocycles. The van der Waals surface area contributed by atoms with Crippen molar-refractivity contribution in [3.05, 3.63) is 39.7 Å². The maximum absolute atomic E-state index is 13.4. The number of nitrogens with zero attached hydrogens (tertiary/aromatic N) is 2. The molecule has 8 nitrogen and oxygen atoms in total. The Bertz CT molecular complexity index is 991. The Labute approximate surface area is 183 Å². The molecule has 2 rings (SSSR count). The Morgan fingerprint density at radius 1 is 1.31 bits per heavy atom. The first-order valence-electron chi connectivity index (χ1n) is 10.3. The van der Waals surface area contributed by atoms with Gasteiger partial charge in [0.05, 0.1) is 12.2 Å². The number of benzene rings is 1. The quantitative estimate of drug-likeness (QED) is 0.184. The van der Waals surface area contributed by atoms with Gasteiger partial charge in [0.2, 0.25) is 0 Å². The monoisotopic (exact) mass is 459 g/mol. The summed E-state index contributed by atoms with van der Waals surface area (Å²) < 4.78 is 50.9. The largest absolute Gasteiger partial charge is 0.493 e. The number of carbonyl (C=O) groups excluding carboxylic acids is 1. The van der Waals surface area contributed by atoms with Crippen molar-refractivity contribution in [1.82, 2.24) is 10.1 Å². The van der Waals surface area contributed by atoms with Crippen LogP contribution in [0, 0.1) is 0 Å². The van der Waals surface area contributed by atoms with Crippen molar-refractivity contribution in [1.29, 1.82) is 0 Å². The number of hydroxylamine groups is 2. The molecule has 1 aromatic carbocycles. The summed E-state index contributed by atoms with van der Waals surface area (Å²) >= 11 is 0. The lowest BCUT2D eigenvalue weighted by Crippen LogP contribution is -2.45. The molecule has 0 atom stereocenters. The Morgan fingerprint density at radius 3 is 2.59 bits per heavy atom. The first-order valence-corrected chi connectivity index (χ1v) is 10.3. The maximum atomic E-state index is 13.4. The minimum atomic E-state index is -4.70. The third kappa shape index (κ3) is 6.44. The van der Waals surface area contributed by atoms with E-state index in [0.717, 1.165) is 10.1 Å². The number of aryl methyl sites for hydroxylation is 1. The normalized spacial score (nSPS) is 12.1. The topological polar surface area (TPSA) is 109 Å². The maximum Gasteiger partial charge on any atom is 0.417 e. The fourth-order valence-corrected chi connectivity index (χ4v) is 3.07. The number of alkyl halides is 3. The Kier molecular flexibility index (Phi) is 8.65. The van der Waals surface area contributed by atoms with Gasteiger partial charge in [0.1, 0.15) is 17.9 Å². The zero-order valence-electron chi connectivity index (χ0n) is 18.2. The summed E-state index contributed by atoms with van der Waals surface area (Å²) in [4.78, 5) is 23.7. The zero-order valence-corrected chi connectivity index (χ0v) is 18.2. The van der Waals surface area contributed by atoms with E-state index in [2.05, 4.69) is 0 Å². The van der Waals surface area contributed by atoms with Crippen LogP contribution in [0.2, 0.25) is 0 Å². The Hall–Kier alpha value is -2.63. The van der Waals surface area contributed by atoms with Crippen LogP contribution in [0.5, 0.6) is 5.75 Å². The summed E-state index contributed by atoms with van der Waals surface area (Å²) in [5.41, 5.74) is -1.90. The van der Waals surface area contributed by atoms with Gasteiger partial charge in [-0.3, -0.25) is 9.80 Å². The van der Waals surface area contributed by atoms with Crippen molar-refractivity contribution in [3.63, 3.8) is 0 Å². The minimum Gasteiger partial charge on any atom is -0.493 e. The third-order valence-corrected chi connectivity index (χ3v) is 4.79. The molecule has 1 heterocycles. The molecule has 178 valence electrons. The summed E-state index contributed by atoms with van der Waals surface area (Å²) in [6.45, 7) is 5.31. The number of rotatable bonds is 10. The second kappa shape index (κ2) is 10.8. The highest BCUT2D eigenvalue weighted by molar-refractivity contribution is 5.85. The Morgan fingerprint density at radius 2 is 2.00 bits per heavy atom. The van der Waals surface area contributed by atoms with Crippen LogP contribution in [0.1, 0.15) is 44.7 Å². The van der Waals surface area contributed by atoms with E-state index < -0.39 is 23.3 Å². The number of carbonyl (C=O) groups is 1. The smallest absolute Gasteiger partial charge is 0.417 e. The number of fused-ring (bicyclic) bond motifs is 1. The second-order valence-corrected chi connectivity index (χ2v) is 7.63. The fraction of sp³-hybridized carbons (Fsp3) is 0.524.